The predicted molar refractivity (Wildman–Crippen MR) is 194 cm³/mol. The smallest absolute Gasteiger partial charge is 0.472 e. The molecule has 0 saturated carbocycles. The molecule has 0 bridgehead atoms. The first-order valence-electron chi connectivity index (χ1n) is 19.2. The van der Waals surface area contributed by atoms with Gasteiger partial charge in [-0.3, -0.25) is 18.6 Å². The van der Waals surface area contributed by atoms with Crippen molar-refractivity contribution in [3.63, 3.8) is 0 Å². The van der Waals surface area contributed by atoms with E-state index in [9.17, 15) is 19.0 Å². The molecule has 284 valence electrons. The quantitative estimate of drug-likeness (QED) is 0.0246. The summed E-state index contributed by atoms with van der Waals surface area (Å²) in [5.41, 5.74) is 5.33. The lowest BCUT2D eigenvalue weighted by Crippen LogP contribution is -2.34. The molecule has 0 rings (SSSR count). The Hall–Kier alpha value is -1.29. The third-order valence-corrected chi connectivity index (χ3v) is 9.23. The van der Waals surface area contributed by atoms with Gasteiger partial charge in [-0.05, 0) is 32.1 Å². The van der Waals surface area contributed by atoms with Crippen molar-refractivity contribution in [2.45, 2.75) is 187 Å². The highest BCUT2D eigenvalue weighted by atomic mass is 31.2. The van der Waals surface area contributed by atoms with E-state index in [-0.39, 0.29) is 13.0 Å². The molecule has 0 saturated heterocycles. The normalized spacial score (nSPS) is 14.2. The predicted octanol–water partition coefficient (Wildman–Crippen LogP) is 9.81. The fourth-order valence-electron chi connectivity index (χ4n) is 5.25. The zero-order chi connectivity index (χ0) is 35.6. The van der Waals surface area contributed by atoms with Gasteiger partial charge in [0.05, 0.1) is 19.8 Å². The summed E-state index contributed by atoms with van der Waals surface area (Å²) in [5, 5.41) is 8.85. The van der Waals surface area contributed by atoms with E-state index in [1.54, 1.807) is 0 Å². The highest BCUT2D eigenvalue weighted by Crippen LogP contribution is 2.43. The second-order valence-electron chi connectivity index (χ2n) is 13.1. The number of hydrogen-bond donors (Lipinski definition) is 3. The summed E-state index contributed by atoms with van der Waals surface area (Å²) in [7, 11) is -4.60. The van der Waals surface area contributed by atoms with Gasteiger partial charge < -0.3 is 25.2 Å². The minimum absolute atomic E-state index is 0.0185. The van der Waals surface area contributed by atoms with Crippen molar-refractivity contribution in [2.75, 3.05) is 26.4 Å². The lowest BCUT2D eigenvalue weighted by Gasteiger charge is -2.20. The molecule has 0 aromatic carbocycles. The number of hydrogen-bond acceptors (Lipinski definition) is 8. The Labute approximate surface area is 292 Å². The maximum atomic E-state index is 12.5. The zero-order valence-electron chi connectivity index (χ0n) is 30.6. The van der Waals surface area contributed by atoms with Crippen molar-refractivity contribution in [2.24, 2.45) is 5.73 Å². The van der Waals surface area contributed by atoms with E-state index in [0.717, 1.165) is 57.8 Å². The van der Waals surface area contributed by atoms with Crippen LogP contribution in [0, 0.1) is 0 Å². The molecule has 11 heteroatoms. The van der Waals surface area contributed by atoms with E-state index in [1.807, 2.05) is 0 Å². The molecule has 0 aliphatic heterocycles. The van der Waals surface area contributed by atoms with Gasteiger partial charge in [0.15, 0.2) is 0 Å². The van der Waals surface area contributed by atoms with Crippen molar-refractivity contribution >= 4 is 19.8 Å². The minimum Gasteiger partial charge on any atom is -0.480 e. The van der Waals surface area contributed by atoms with Crippen LogP contribution >= 0.6 is 7.82 Å². The molecule has 4 N–H and O–H groups in total. The molecule has 0 aliphatic rings. The topological polar surface area (TPSA) is 155 Å². The average Bonchev–Trinajstić information content (AvgIpc) is 3.06. The number of aliphatic carboxylic acids is 1. The maximum Gasteiger partial charge on any atom is 0.472 e. The van der Waals surface area contributed by atoms with E-state index < -0.39 is 45.1 Å². The van der Waals surface area contributed by atoms with Crippen LogP contribution in [0.4, 0.5) is 0 Å². The number of nitrogens with two attached hydrogens (primary N) is 1. The van der Waals surface area contributed by atoms with Gasteiger partial charge in [-0.15, -0.1) is 0 Å². The van der Waals surface area contributed by atoms with E-state index in [2.05, 4.69) is 30.5 Å². The van der Waals surface area contributed by atoms with Crippen LogP contribution in [0.5, 0.6) is 0 Å². The molecule has 0 fully saturated rings. The number of phosphoric ester groups is 1. The molecule has 0 radical (unpaired) electrons. The number of phosphoric acid groups is 1. The Morgan fingerprint density at radius 2 is 1.12 bits per heavy atom. The maximum absolute atomic E-state index is 12.5. The molecule has 10 nitrogen and oxygen atoms in total. The summed E-state index contributed by atoms with van der Waals surface area (Å²) in [5.74, 6) is -1.79. The molecule has 0 aromatic rings. The average molecular weight is 706 g/mol. The van der Waals surface area contributed by atoms with E-state index in [0.29, 0.717) is 13.0 Å². The Morgan fingerprint density at radius 3 is 1.67 bits per heavy atom. The number of carbonyl (C=O) groups excluding carboxylic acids is 1. The highest BCUT2D eigenvalue weighted by Gasteiger charge is 2.27. The van der Waals surface area contributed by atoms with E-state index >= 15 is 0 Å². The molecule has 48 heavy (non-hydrogen) atoms. The number of carbonyl (C=O) groups is 2. The number of esters is 1. The van der Waals surface area contributed by atoms with Gasteiger partial charge in [0.2, 0.25) is 0 Å². The minimum atomic E-state index is -4.60. The first-order valence-corrected chi connectivity index (χ1v) is 20.7. The molecule has 0 spiro atoms. The number of rotatable bonds is 37. The van der Waals surface area contributed by atoms with Crippen molar-refractivity contribution < 1.29 is 42.7 Å². The van der Waals surface area contributed by atoms with Crippen molar-refractivity contribution in [1.82, 2.24) is 0 Å². The Bertz CT molecular complexity index is 827. The number of carboxylic acid groups (broad SMARTS) is 1. The largest absolute Gasteiger partial charge is 0.480 e. The Morgan fingerprint density at radius 1 is 0.646 bits per heavy atom. The number of ether oxygens (including phenoxy) is 2. The number of carboxylic acids is 1. The third kappa shape index (κ3) is 33.2. The van der Waals surface area contributed by atoms with Crippen molar-refractivity contribution in [1.29, 1.82) is 0 Å². The van der Waals surface area contributed by atoms with Gasteiger partial charge in [0.1, 0.15) is 12.1 Å². The third-order valence-electron chi connectivity index (χ3n) is 8.28. The van der Waals surface area contributed by atoms with Crippen LogP contribution in [0.3, 0.4) is 0 Å². The molecule has 3 atom stereocenters. The SMILES string of the molecule is CCC/C=C\CCCCCCCC(=O)OC(COCCCCCCCCCCCCCCCCCC)COP(=O)(O)OCC(N)C(=O)O. The van der Waals surface area contributed by atoms with Crippen LogP contribution in [0.1, 0.15) is 174 Å². The van der Waals surface area contributed by atoms with Crippen LogP contribution < -0.4 is 5.73 Å². The number of allylic oxidation sites excluding steroid dienone is 2. The van der Waals surface area contributed by atoms with Gasteiger partial charge >= 0.3 is 19.8 Å². The number of unbranched alkanes of at least 4 members (excludes halogenated alkanes) is 21. The second kappa shape index (κ2) is 34.2. The monoisotopic (exact) mass is 705 g/mol. The second-order valence-corrected chi connectivity index (χ2v) is 14.5. The summed E-state index contributed by atoms with van der Waals surface area (Å²) < 4.78 is 33.2. The standard InChI is InChI=1S/C37H72NO9P/c1-3-5-7-9-11-13-15-16-17-18-19-20-22-24-26-28-30-44-31-34(32-45-48(42,43)46-33-35(38)37(40)41)47-36(39)29-27-25-23-21-14-12-10-8-6-4-2/h8,10,34-35H,3-7,9,11-33,38H2,1-2H3,(H,40,41)(H,42,43)/b10-8-. The summed E-state index contributed by atoms with van der Waals surface area (Å²) in [6, 6.07) is -1.47. The lowest BCUT2D eigenvalue weighted by molar-refractivity contribution is -0.154. The van der Waals surface area contributed by atoms with Crippen LogP contribution in [0.15, 0.2) is 12.2 Å². The summed E-state index contributed by atoms with van der Waals surface area (Å²) in [4.78, 5) is 33.3. The van der Waals surface area contributed by atoms with Gasteiger partial charge in [-0.2, -0.15) is 0 Å². The first-order chi connectivity index (χ1) is 23.2. The molecule has 0 heterocycles. The van der Waals surface area contributed by atoms with Crippen LogP contribution in [-0.4, -0.2) is 60.5 Å². The van der Waals surface area contributed by atoms with E-state index in [4.69, 9.17) is 24.8 Å². The fraction of sp³-hybridized carbons (Fsp3) is 0.892. The van der Waals surface area contributed by atoms with Gasteiger partial charge in [0.25, 0.3) is 0 Å². The summed E-state index contributed by atoms with van der Waals surface area (Å²) in [6.07, 6.45) is 32.7. The van der Waals surface area contributed by atoms with Crippen molar-refractivity contribution in [3.8, 4) is 0 Å². The van der Waals surface area contributed by atoms with E-state index in [1.165, 1.54) is 89.9 Å². The molecule has 0 aliphatic carbocycles. The molecule has 0 aromatic heterocycles. The van der Waals surface area contributed by atoms with Crippen molar-refractivity contribution in [3.05, 3.63) is 12.2 Å². The fourth-order valence-corrected chi connectivity index (χ4v) is 6.03. The summed E-state index contributed by atoms with van der Waals surface area (Å²) >= 11 is 0. The lowest BCUT2D eigenvalue weighted by atomic mass is 10.0. The Kier molecular flexibility index (Phi) is 33.3. The molecule has 3 unspecified atom stereocenters. The zero-order valence-corrected chi connectivity index (χ0v) is 31.5. The molecular formula is C37H72NO9P. The first kappa shape index (κ1) is 46.7. The van der Waals surface area contributed by atoms with Gasteiger partial charge in [0, 0.05) is 13.0 Å². The van der Waals surface area contributed by atoms with Crippen LogP contribution in [0.25, 0.3) is 0 Å². The molecular weight excluding hydrogens is 633 g/mol. The van der Waals surface area contributed by atoms with Gasteiger partial charge in [-0.1, -0.05) is 148 Å². The van der Waals surface area contributed by atoms with Gasteiger partial charge in [-0.25, -0.2) is 4.57 Å². The highest BCUT2D eigenvalue weighted by molar-refractivity contribution is 7.47. The van der Waals surface area contributed by atoms with Crippen LogP contribution in [-0.2, 0) is 32.7 Å². The summed E-state index contributed by atoms with van der Waals surface area (Å²) in [6.45, 7) is 3.81. The molecule has 0 amide bonds. The Balaban J connectivity index is 4.23. The van der Waals surface area contributed by atoms with Crippen LogP contribution in [0.2, 0.25) is 0 Å².